The second-order valence-electron chi connectivity index (χ2n) is 7.00. The van der Waals surface area contributed by atoms with E-state index in [0.29, 0.717) is 12.2 Å². The lowest BCUT2D eigenvalue weighted by molar-refractivity contribution is 0.0945. The van der Waals surface area contributed by atoms with Crippen LogP contribution in [-0.4, -0.2) is 55.4 Å². The number of carbonyl (C=O) groups excluding carboxylic acids is 1. The number of hydrogen-bond acceptors (Lipinski definition) is 9. The van der Waals surface area contributed by atoms with E-state index in [2.05, 4.69) is 40.7 Å². The molecular formula is C21H24ClN9O2. The number of nitrogens with two attached hydrogens (primary N) is 1. The molecule has 4 aromatic rings. The van der Waals surface area contributed by atoms with Gasteiger partial charge in [-0.2, -0.15) is 9.78 Å². The summed E-state index contributed by atoms with van der Waals surface area (Å²) in [4.78, 5) is 15.2. The van der Waals surface area contributed by atoms with Crippen LogP contribution in [0.15, 0.2) is 52.2 Å². The van der Waals surface area contributed by atoms with Gasteiger partial charge in [-0.1, -0.05) is 61.5 Å². The fourth-order valence-electron chi connectivity index (χ4n) is 3.37. The predicted molar refractivity (Wildman–Crippen MR) is 127 cm³/mol. The summed E-state index contributed by atoms with van der Waals surface area (Å²) in [5, 5.41) is 21.8. The molecule has 0 spiro atoms. The Balaban J connectivity index is 0.00000306. The van der Waals surface area contributed by atoms with Gasteiger partial charge in [-0.25, -0.2) is 10.1 Å². The molecular weight excluding hydrogens is 446 g/mol. The van der Waals surface area contributed by atoms with Gasteiger partial charge in [0, 0.05) is 12.1 Å². The molecule has 2 aromatic heterocycles. The maximum Gasteiger partial charge on any atom is 0.292 e. The van der Waals surface area contributed by atoms with E-state index in [-0.39, 0.29) is 29.7 Å². The highest BCUT2D eigenvalue weighted by atomic mass is 35.5. The van der Waals surface area contributed by atoms with E-state index in [1.54, 1.807) is 6.21 Å². The third-order valence-corrected chi connectivity index (χ3v) is 5.11. The zero-order valence-electron chi connectivity index (χ0n) is 18.2. The van der Waals surface area contributed by atoms with Crippen molar-refractivity contribution in [3.8, 4) is 5.82 Å². The van der Waals surface area contributed by atoms with Gasteiger partial charge < -0.3 is 5.73 Å². The van der Waals surface area contributed by atoms with E-state index >= 15 is 0 Å². The molecule has 0 atom stereocenters. The number of nitrogen functional groups attached to an aromatic ring is 1. The molecule has 0 fully saturated rings. The standard InChI is InChI=1S/C21H23N9O2.ClH/c1-3-29(4-2)13-17-18(30(28-24-17)20-19(22)26-32-27-20)21(31)25-23-12-15-10-7-9-14-8-5-6-11-16(14)15;/h5-12H,3-4,13H2,1-2H3,(H2,22,26)(H,25,31);1H/b23-12+;. The molecule has 0 saturated heterocycles. The number of amides is 1. The average molecular weight is 470 g/mol. The number of hydrazone groups is 1. The van der Waals surface area contributed by atoms with Crippen LogP contribution in [0.1, 0.15) is 35.6 Å². The van der Waals surface area contributed by atoms with Gasteiger partial charge in [0.2, 0.25) is 11.6 Å². The molecule has 3 N–H and O–H groups in total. The number of carbonyl (C=O) groups is 1. The van der Waals surface area contributed by atoms with Gasteiger partial charge in [0.1, 0.15) is 5.69 Å². The number of fused-ring (bicyclic) bond motifs is 1. The summed E-state index contributed by atoms with van der Waals surface area (Å²) in [7, 11) is 0. The summed E-state index contributed by atoms with van der Waals surface area (Å²) >= 11 is 0. The Morgan fingerprint density at radius 1 is 1.18 bits per heavy atom. The summed E-state index contributed by atoms with van der Waals surface area (Å²) in [6, 6.07) is 13.8. The molecule has 0 unspecified atom stereocenters. The molecule has 0 aliphatic heterocycles. The number of anilines is 1. The Morgan fingerprint density at radius 2 is 1.94 bits per heavy atom. The molecule has 11 nitrogen and oxygen atoms in total. The maximum absolute atomic E-state index is 13.1. The number of nitrogens with one attached hydrogen (secondary N) is 1. The van der Waals surface area contributed by atoms with Crippen molar-refractivity contribution < 1.29 is 9.42 Å². The lowest BCUT2D eigenvalue weighted by atomic mass is 10.1. The fraction of sp³-hybridized carbons (Fsp3) is 0.238. The number of aromatic nitrogens is 5. The van der Waals surface area contributed by atoms with Gasteiger partial charge in [-0.15, -0.1) is 17.5 Å². The van der Waals surface area contributed by atoms with Crippen molar-refractivity contribution in [1.29, 1.82) is 0 Å². The molecule has 172 valence electrons. The third kappa shape index (κ3) is 4.99. The Kier molecular flexibility index (Phi) is 7.70. The number of benzene rings is 2. The highest BCUT2D eigenvalue weighted by Crippen LogP contribution is 2.18. The van der Waals surface area contributed by atoms with Crippen LogP contribution in [-0.2, 0) is 6.54 Å². The molecule has 0 aliphatic carbocycles. The van der Waals surface area contributed by atoms with Gasteiger partial charge in [0.25, 0.3) is 5.91 Å². The van der Waals surface area contributed by atoms with Crippen LogP contribution in [0.25, 0.3) is 16.6 Å². The first-order valence-electron chi connectivity index (χ1n) is 10.2. The van der Waals surface area contributed by atoms with Crippen molar-refractivity contribution >= 4 is 41.1 Å². The minimum absolute atomic E-state index is 0. The molecule has 12 heteroatoms. The number of rotatable bonds is 8. The Labute approximate surface area is 196 Å². The van der Waals surface area contributed by atoms with Crippen LogP contribution >= 0.6 is 12.4 Å². The zero-order chi connectivity index (χ0) is 22.5. The molecule has 0 aliphatic rings. The van der Waals surface area contributed by atoms with Crippen LogP contribution in [0, 0.1) is 0 Å². The quantitative estimate of drug-likeness (QED) is 0.296. The molecule has 33 heavy (non-hydrogen) atoms. The molecule has 1 amide bonds. The third-order valence-electron chi connectivity index (χ3n) is 5.11. The van der Waals surface area contributed by atoms with Crippen molar-refractivity contribution in [2.75, 3.05) is 18.8 Å². The van der Waals surface area contributed by atoms with Crippen LogP contribution in [0.4, 0.5) is 5.82 Å². The molecule has 0 saturated carbocycles. The van der Waals surface area contributed by atoms with Crippen LogP contribution in [0.5, 0.6) is 0 Å². The van der Waals surface area contributed by atoms with Gasteiger partial charge >= 0.3 is 0 Å². The Hall–Kier alpha value is -3.83. The summed E-state index contributed by atoms with van der Waals surface area (Å²) in [5.74, 6) is -0.417. The van der Waals surface area contributed by atoms with Crippen LogP contribution in [0.3, 0.4) is 0 Å². The fourth-order valence-corrected chi connectivity index (χ4v) is 3.37. The molecule has 0 bridgehead atoms. The minimum atomic E-state index is -0.504. The minimum Gasteiger partial charge on any atom is -0.378 e. The predicted octanol–water partition coefficient (Wildman–Crippen LogP) is 2.41. The first kappa shape index (κ1) is 23.8. The smallest absolute Gasteiger partial charge is 0.292 e. The van der Waals surface area contributed by atoms with Crippen LogP contribution < -0.4 is 11.2 Å². The first-order valence-corrected chi connectivity index (χ1v) is 10.2. The van der Waals surface area contributed by atoms with Gasteiger partial charge in [0.15, 0.2) is 5.69 Å². The number of nitrogens with zero attached hydrogens (tertiary/aromatic N) is 7. The van der Waals surface area contributed by atoms with Crippen LogP contribution in [0.2, 0.25) is 0 Å². The van der Waals surface area contributed by atoms with Crippen molar-refractivity contribution in [3.05, 3.63) is 59.4 Å². The molecule has 2 heterocycles. The molecule has 4 rings (SSSR count). The van der Waals surface area contributed by atoms with Gasteiger partial charge in [-0.3, -0.25) is 9.69 Å². The monoisotopic (exact) mass is 469 g/mol. The average Bonchev–Trinajstić information content (AvgIpc) is 3.43. The lowest BCUT2D eigenvalue weighted by Crippen LogP contribution is -2.27. The topological polar surface area (TPSA) is 140 Å². The molecule has 0 radical (unpaired) electrons. The van der Waals surface area contributed by atoms with Gasteiger partial charge in [0.05, 0.1) is 6.21 Å². The first-order chi connectivity index (χ1) is 15.6. The normalized spacial score (nSPS) is 11.2. The van der Waals surface area contributed by atoms with E-state index in [9.17, 15) is 4.79 Å². The number of halogens is 1. The van der Waals surface area contributed by atoms with Crippen molar-refractivity contribution in [3.63, 3.8) is 0 Å². The number of hydrogen-bond donors (Lipinski definition) is 2. The largest absolute Gasteiger partial charge is 0.378 e. The van der Waals surface area contributed by atoms with Crippen molar-refractivity contribution in [2.45, 2.75) is 20.4 Å². The van der Waals surface area contributed by atoms with Crippen molar-refractivity contribution in [1.82, 2.24) is 35.6 Å². The summed E-state index contributed by atoms with van der Waals surface area (Å²) < 4.78 is 5.88. The Bertz CT molecular complexity index is 1260. The second kappa shape index (κ2) is 10.7. The van der Waals surface area contributed by atoms with E-state index < -0.39 is 5.91 Å². The SMILES string of the molecule is CCN(CC)Cc1nnn(-c2nonc2N)c1C(=O)N/N=C/c1cccc2ccccc12.Cl. The summed E-state index contributed by atoms with van der Waals surface area (Å²) in [6.45, 7) is 6.06. The zero-order valence-corrected chi connectivity index (χ0v) is 19.0. The van der Waals surface area contributed by atoms with E-state index in [1.165, 1.54) is 4.68 Å². The lowest BCUT2D eigenvalue weighted by Gasteiger charge is -2.16. The summed E-state index contributed by atoms with van der Waals surface area (Å²) in [5.41, 5.74) is 9.87. The Morgan fingerprint density at radius 3 is 2.67 bits per heavy atom. The van der Waals surface area contributed by atoms with Crippen molar-refractivity contribution in [2.24, 2.45) is 5.10 Å². The van der Waals surface area contributed by atoms with Gasteiger partial charge in [-0.05, 0) is 34.2 Å². The molecule has 2 aromatic carbocycles. The maximum atomic E-state index is 13.1. The van der Waals surface area contributed by atoms with E-state index in [4.69, 9.17) is 5.73 Å². The van der Waals surface area contributed by atoms with E-state index in [1.807, 2.05) is 56.3 Å². The highest BCUT2D eigenvalue weighted by Gasteiger charge is 2.25. The van der Waals surface area contributed by atoms with E-state index in [0.717, 1.165) is 29.4 Å². The highest BCUT2D eigenvalue weighted by molar-refractivity contribution is 6.00. The second-order valence-corrected chi connectivity index (χ2v) is 7.00. The summed E-state index contributed by atoms with van der Waals surface area (Å²) in [6.07, 6.45) is 1.60.